The second-order valence-corrected chi connectivity index (χ2v) is 13.2. The molecule has 4 heteroatoms. The molecule has 0 aliphatic rings. The smallest absolute Gasteiger partial charge is 0.164 e. The maximum atomic E-state index is 5.20. The highest BCUT2D eigenvalue weighted by atomic mass is 15.0. The first kappa shape index (κ1) is 30.6. The Balaban J connectivity index is 1.24. The van der Waals surface area contributed by atoms with Crippen molar-refractivity contribution in [1.82, 2.24) is 19.5 Å². The standard InChI is InChI=1S/C49H32N4/c1-3-15-33(16-4-1)36-21-13-22-37(31-36)48-50-47(35-18-5-2-6-19-35)51-49(52-48)38-29-30-43(40-26-14-20-34-17-7-8-23-39(34)40)46(32-38)53-44-27-11-9-24-41(44)42-25-10-12-28-45(42)53/h1-32H. The largest absolute Gasteiger partial charge is 0.309 e. The molecule has 0 radical (unpaired) electrons. The van der Waals surface area contributed by atoms with Crippen LogP contribution in [0, 0.1) is 0 Å². The summed E-state index contributed by atoms with van der Waals surface area (Å²) in [4.78, 5) is 15.4. The van der Waals surface area contributed by atoms with Gasteiger partial charge >= 0.3 is 0 Å². The van der Waals surface area contributed by atoms with Crippen LogP contribution in [0.5, 0.6) is 0 Å². The Labute approximate surface area is 307 Å². The van der Waals surface area contributed by atoms with Crippen molar-refractivity contribution < 1.29 is 0 Å². The predicted octanol–water partition coefficient (Wildman–Crippen LogP) is 12.5. The molecule has 8 aromatic carbocycles. The van der Waals surface area contributed by atoms with Crippen molar-refractivity contribution in [1.29, 1.82) is 0 Å². The van der Waals surface area contributed by atoms with E-state index < -0.39 is 0 Å². The zero-order valence-electron chi connectivity index (χ0n) is 28.8. The molecule has 0 amide bonds. The van der Waals surface area contributed by atoms with Crippen LogP contribution in [0.3, 0.4) is 0 Å². The van der Waals surface area contributed by atoms with Crippen molar-refractivity contribution in [2.24, 2.45) is 0 Å². The highest BCUT2D eigenvalue weighted by molar-refractivity contribution is 6.10. The first-order valence-electron chi connectivity index (χ1n) is 17.9. The molecule has 4 nitrogen and oxygen atoms in total. The lowest BCUT2D eigenvalue weighted by molar-refractivity contribution is 1.07. The van der Waals surface area contributed by atoms with E-state index in [0.29, 0.717) is 17.5 Å². The minimum atomic E-state index is 0.616. The quantitative estimate of drug-likeness (QED) is 0.176. The van der Waals surface area contributed by atoms with Crippen LogP contribution >= 0.6 is 0 Å². The number of nitrogens with zero attached hydrogens (tertiary/aromatic N) is 4. The molecule has 0 aliphatic heterocycles. The number of hydrogen-bond donors (Lipinski definition) is 0. The molecule has 0 fully saturated rings. The van der Waals surface area contributed by atoms with Crippen molar-refractivity contribution in [3.05, 3.63) is 194 Å². The van der Waals surface area contributed by atoms with Gasteiger partial charge in [0.25, 0.3) is 0 Å². The summed E-state index contributed by atoms with van der Waals surface area (Å²) in [6.07, 6.45) is 0. The van der Waals surface area contributed by atoms with E-state index in [1.54, 1.807) is 0 Å². The van der Waals surface area contributed by atoms with Crippen LogP contribution in [0.4, 0.5) is 0 Å². The number of hydrogen-bond acceptors (Lipinski definition) is 3. The lowest BCUT2D eigenvalue weighted by Crippen LogP contribution is -2.02. The molecular weight excluding hydrogens is 645 g/mol. The minimum Gasteiger partial charge on any atom is -0.309 e. The number of rotatable bonds is 6. The van der Waals surface area contributed by atoms with E-state index in [0.717, 1.165) is 50.1 Å². The van der Waals surface area contributed by atoms with Gasteiger partial charge in [-0.05, 0) is 51.7 Å². The number of aromatic nitrogens is 4. The first-order chi connectivity index (χ1) is 26.3. The molecule has 2 aromatic heterocycles. The second-order valence-electron chi connectivity index (χ2n) is 13.2. The summed E-state index contributed by atoms with van der Waals surface area (Å²) in [7, 11) is 0. The van der Waals surface area contributed by atoms with Crippen LogP contribution in [0.25, 0.3) is 94.7 Å². The summed E-state index contributed by atoms with van der Waals surface area (Å²) in [5, 5.41) is 4.83. The highest BCUT2D eigenvalue weighted by Gasteiger charge is 2.20. The molecule has 10 rings (SSSR count). The van der Waals surface area contributed by atoms with Gasteiger partial charge in [0.1, 0.15) is 0 Å². The van der Waals surface area contributed by atoms with Crippen LogP contribution in [-0.4, -0.2) is 19.5 Å². The molecule has 0 bridgehead atoms. The average Bonchev–Trinajstić information content (AvgIpc) is 3.58. The monoisotopic (exact) mass is 676 g/mol. The molecule has 0 atom stereocenters. The molecule has 53 heavy (non-hydrogen) atoms. The summed E-state index contributed by atoms with van der Waals surface area (Å²) < 4.78 is 2.40. The van der Waals surface area contributed by atoms with Gasteiger partial charge in [-0.1, -0.05) is 170 Å². The van der Waals surface area contributed by atoms with E-state index in [4.69, 9.17) is 15.0 Å². The van der Waals surface area contributed by atoms with Crippen molar-refractivity contribution in [2.75, 3.05) is 0 Å². The van der Waals surface area contributed by atoms with E-state index in [1.807, 2.05) is 24.3 Å². The Hall–Kier alpha value is -7.17. The van der Waals surface area contributed by atoms with E-state index in [-0.39, 0.29) is 0 Å². The van der Waals surface area contributed by atoms with Crippen LogP contribution < -0.4 is 0 Å². The maximum Gasteiger partial charge on any atom is 0.164 e. The molecule has 0 saturated heterocycles. The van der Waals surface area contributed by atoms with Crippen LogP contribution in [-0.2, 0) is 0 Å². The van der Waals surface area contributed by atoms with E-state index in [9.17, 15) is 0 Å². The van der Waals surface area contributed by atoms with Gasteiger partial charge in [-0.2, -0.15) is 0 Å². The van der Waals surface area contributed by atoms with Crippen molar-refractivity contribution in [2.45, 2.75) is 0 Å². The Kier molecular flexibility index (Phi) is 7.43. The van der Waals surface area contributed by atoms with Crippen molar-refractivity contribution in [3.8, 4) is 62.1 Å². The lowest BCUT2D eigenvalue weighted by atomic mass is 9.95. The predicted molar refractivity (Wildman–Crippen MR) is 219 cm³/mol. The SMILES string of the molecule is c1ccc(-c2cccc(-c3nc(-c4ccccc4)nc(-c4ccc(-c5cccc6ccccc56)c(-n5c6ccccc6c6ccccc65)c4)n3)c2)cc1. The lowest BCUT2D eigenvalue weighted by Gasteiger charge is -2.17. The molecule has 0 N–H and O–H groups in total. The van der Waals surface area contributed by atoms with Gasteiger partial charge in [0.05, 0.1) is 16.7 Å². The fourth-order valence-corrected chi connectivity index (χ4v) is 7.54. The van der Waals surface area contributed by atoms with Crippen LogP contribution in [0.2, 0.25) is 0 Å². The Morgan fingerprint density at radius 2 is 0.792 bits per heavy atom. The summed E-state index contributed by atoms with van der Waals surface area (Å²) in [5.41, 5.74) is 10.7. The normalized spacial score (nSPS) is 11.4. The van der Waals surface area contributed by atoms with Crippen LogP contribution in [0.1, 0.15) is 0 Å². The third kappa shape index (κ3) is 5.45. The molecule has 0 saturated carbocycles. The molecular formula is C49H32N4. The maximum absolute atomic E-state index is 5.20. The van der Waals surface area contributed by atoms with Crippen molar-refractivity contribution >= 4 is 32.6 Å². The van der Waals surface area contributed by atoms with Gasteiger partial charge in [0, 0.05) is 33.0 Å². The molecule has 0 spiro atoms. The van der Waals surface area contributed by atoms with Crippen LogP contribution in [0.15, 0.2) is 194 Å². The fraction of sp³-hybridized carbons (Fsp3) is 0. The zero-order chi connectivity index (χ0) is 35.1. The van der Waals surface area contributed by atoms with Crippen molar-refractivity contribution in [3.63, 3.8) is 0 Å². The Bertz CT molecular complexity index is 2890. The fourth-order valence-electron chi connectivity index (χ4n) is 7.54. The Morgan fingerprint density at radius 3 is 1.49 bits per heavy atom. The summed E-state index contributed by atoms with van der Waals surface area (Å²) in [6, 6.07) is 68.1. The van der Waals surface area contributed by atoms with Gasteiger partial charge < -0.3 is 4.57 Å². The third-order valence-electron chi connectivity index (χ3n) is 10.1. The molecule has 2 heterocycles. The zero-order valence-corrected chi connectivity index (χ0v) is 28.8. The number of fused-ring (bicyclic) bond motifs is 4. The average molecular weight is 677 g/mol. The molecule has 0 unspecified atom stereocenters. The summed E-state index contributed by atoms with van der Waals surface area (Å²) in [6.45, 7) is 0. The Morgan fingerprint density at radius 1 is 0.302 bits per heavy atom. The van der Waals surface area contributed by atoms with E-state index in [1.165, 1.54) is 27.1 Å². The van der Waals surface area contributed by atoms with Gasteiger partial charge in [0.2, 0.25) is 0 Å². The van der Waals surface area contributed by atoms with Gasteiger partial charge in [0.15, 0.2) is 17.5 Å². The van der Waals surface area contributed by atoms with E-state index >= 15 is 0 Å². The van der Waals surface area contributed by atoms with Gasteiger partial charge in [-0.15, -0.1) is 0 Å². The van der Waals surface area contributed by atoms with Gasteiger partial charge in [-0.25, -0.2) is 15.0 Å². The number of para-hydroxylation sites is 2. The third-order valence-corrected chi connectivity index (χ3v) is 10.1. The van der Waals surface area contributed by atoms with E-state index in [2.05, 4.69) is 174 Å². The molecule has 248 valence electrons. The minimum absolute atomic E-state index is 0.616. The highest BCUT2D eigenvalue weighted by Crippen LogP contribution is 2.40. The topological polar surface area (TPSA) is 43.6 Å². The first-order valence-corrected chi connectivity index (χ1v) is 17.9. The number of benzene rings is 8. The molecule has 10 aromatic rings. The van der Waals surface area contributed by atoms with Gasteiger partial charge in [-0.3, -0.25) is 0 Å². The second kappa shape index (κ2) is 12.9. The summed E-state index contributed by atoms with van der Waals surface area (Å²) >= 11 is 0. The summed E-state index contributed by atoms with van der Waals surface area (Å²) in [5.74, 6) is 1.88. The molecule has 0 aliphatic carbocycles.